The molecular weight excluding hydrogens is 174 g/mol. The number of aromatic nitrogens is 1. The van der Waals surface area contributed by atoms with Crippen LogP contribution in [-0.2, 0) is 0 Å². The maximum atomic E-state index is 5.41. The molecule has 0 aliphatic carbocycles. The van der Waals surface area contributed by atoms with Gasteiger partial charge in [-0.3, -0.25) is 0 Å². The molecule has 0 radical (unpaired) electrons. The Morgan fingerprint density at radius 1 is 1.50 bits per heavy atom. The van der Waals surface area contributed by atoms with Gasteiger partial charge in [0.1, 0.15) is 5.82 Å². The highest BCUT2D eigenvalue weighted by Crippen LogP contribution is 2.16. The van der Waals surface area contributed by atoms with Crippen molar-refractivity contribution in [2.45, 2.75) is 26.2 Å². The average Bonchev–Trinajstić information content (AvgIpc) is 2.19. The maximum absolute atomic E-state index is 5.41. The van der Waals surface area contributed by atoms with Gasteiger partial charge in [-0.1, -0.05) is 13.8 Å². The van der Waals surface area contributed by atoms with Gasteiger partial charge in [-0.25, -0.2) is 4.98 Å². The molecule has 0 spiro atoms. The van der Waals surface area contributed by atoms with E-state index in [1.54, 1.807) is 0 Å². The van der Waals surface area contributed by atoms with Gasteiger partial charge in [-0.05, 0) is 36.6 Å². The molecule has 0 unspecified atom stereocenters. The van der Waals surface area contributed by atoms with E-state index < -0.39 is 0 Å². The van der Waals surface area contributed by atoms with Gasteiger partial charge in [0.15, 0.2) is 0 Å². The summed E-state index contributed by atoms with van der Waals surface area (Å²) < 4.78 is 0. The van der Waals surface area contributed by atoms with Crippen molar-refractivity contribution in [1.29, 1.82) is 0 Å². The van der Waals surface area contributed by atoms with Gasteiger partial charge >= 0.3 is 0 Å². The van der Waals surface area contributed by atoms with E-state index in [-0.39, 0.29) is 0 Å². The first kappa shape index (κ1) is 11.0. The number of anilines is 1. The Kier molecular flexibility index (Phi) is 4.40. The van der Waals surface area contributed by atoms with E-state index in [4.69, 9.17) is 5.73 Å². The molecule has 0 aliphatic rings. The molecule has 14 heavy (non-hydrogen) atoms. The standard InChI is InChI=1S/C11H19N3/c1-9(2)10-4-7-14-11(8-10)13-6-3-5-12/h4,7-9H,3,5-6,12H2,1-2H3,(H,13,14). The zero-order valence-corrected chi connectivity index (χ0v) is 8.96. The van der Waals surface area contributed by atoms with Gasteiger partial charge in [0.2, 0.25) is 0 Å². The quantitative estimate of drug-likeness (QED) is 0.703. The average molecular weight is 193 g/mol. The summed E-state index contributed by atoms with van der Waals surface area (Å²) in [5.41, 5.74) is 6.73. The second kappa shape index (κ2) is 5.60. The zero-order valence-electron chi connectivity index (χ0n) is 8.96. The molecule has 3 nitrogen and oxygen atoms in total. The number of pyridine rings is 1. The van der Waals surface area contributed by atoms with Crippen LogP contribution in [0.15, 0.2) is 18.3 Å². The van der Waals surface area contributed by atoms with Crippen molar-refractivity contribution in [2.75, 3.05) is 18.4 Å². The van der Waals surface area contributed by atoms with Crippen molar-refractivity contribution in [3.05, 3.63) is 23.9 Å². The monoisotopic (exact) mass is 193 g/mol. The van der Waals surface area contributed by atoms with Crippen LogP contribution in [0.4, 0.5) is 5.82 Å². The predicted octanol–water partition coefficient (Wildman–Crippen LogP) is 1.97. The van der Waals surface area contributed by atoms with Gasteiger partial charge in [0.25, 0.3) is 0 Å². The Hall–Kier alpha value is -1.09. The van der Waals surface area contributed by atoms with Crippen LogP contribution in [0, 0.1) is 0 Å². The fourth-order valence-corrected chi connectivity index (χ4v) is 1.22. The lowest BCUT2D eigenvalue weighted by molar-refractivity contribution is 0.853. The maximum Gasteiger partial charge on any atom is 0.126 e. The number of nitrogens with two attached hydrogens (primary N) is 1. The third kappa shape index (κ3) is 3.34. The first-order valence-electron chi connectivity index (χ1n) is 5.14. The highest BCUT2D eigenvalue weighted by Gasteiger charge is 2.00. The number of nitrogens with one attached hydrogen (secondary N) is 1. The third-order valence-electron chi connectivity index (χ3n) is 2.14. The van der Waals surface area contributed by atoms with E-state index in [0.717, 1.165) is 25.3 Å². The van der Waals surface area contributed by atoms with E-state index >= 15 is 0 Å². The van der Waals surface area contributed by atoms with Crippen molar-refractivity contribution >= 4 is 5.82 Å². The van der Waals surface area contributed by atoms with Crippen LogP contribution in [0.5, 0.6) is 0 Å². The molecule has 1 heterocycles. The smallest absolute Gasteiger partial charge is 0.126 e. The highest BCUT2D eigenvalue weighted by molar-refractivity contribution is 5.38. The second-order valence-electron chi connectivity index (χ2n) is 3.70. The molecule has 0 fully saturated rings. The number of nitrogens with zero attached hydrogens (tertiary/aromatic N) is 1. The minimum absolute atomic E-state index is 0.549. The van der Waals surface area contributed by atoms with E-state index in [9.17, 15) is 0 Å². The van der Waals surface area contributed by atoms with Crippen LogP contribution in [0.1, 0.15) is 31.7 Å². The van der Waals surface area contributed by atoms with Crippen molar-refractivity contribution in [3.8, 4) is 0 Å². The fourth-order valence-electron chi connectivity index (χ4n) is 1.22. The summed E-state index contributed by atoms with van der Waals surface area (Å²) in [5, 5.41) is 3.25. The summed E-state index contributed by atoms with van der Waals surface area (Å²) in [6, 6.07) is 4.15. The van der Waals surface area contributed by atoms with Crippen molar-refractivity contribution in [2.24, 2.45) is 5.73 Å². The molecule has 3 heteroatoms. The number of rotatable bonds is 5. The van der Waals surface area contributed by atoms with Crippen LogP contribution < -0.4 is 11.1 Å². The third-order valence-corrected chi connectivity index (χ3v) is 2.14. The van der Waals surface area contributed by atoms with Gasteiger partial charge in [-0.15, -0.1) is 0 Å². The molecule has 0 bridgehead atoms. The van der Waals surface area contributed by atoms with Gasteiger partial charge < -0.3 is 11.1 Å². The molecule has 1 aromatic heterocycles. The molecule has 0 atom stereocenters. The first-order chi connectivity index (χ1) is 6.74. The van der Waals surface area contributed by atoms with Crippen LogP contribution in [-0.4, -0.2) is 18.1 Å². The van der Waals surface area contributed by atoms with E-state index in [2.05, 4.69) is 36.3 Å². The van der Waals surface area contributed by atoms with E-state index in [1.165, 1.54) is 5.56 Å². The molecule has 1 aromatic rings. The van der Waals surface area contributed by atoms with Crippen LogP contribution in [0.3, 0.4) is 0 Å². The summed E-state index contributed by atoms with van der Waals surface area (Å²) in [4.78, 5) is 4.24. The van der Waals surface area contributed by atoms with Gasteiger partial charge in [0, 0.05) is 12.7 Å². The minimum atomic E-state index is 0.549. The Labute approximate surface area is 85.7 Å². The van der Waals surface area contributed by atoms with Crippen molar-refractivity contribution in [1.82, 2.24) is 4.98 Å². The normalized spacial score (nSPS) is 10.6. The highest BCUT2D eigenvalue weighted by atomic mass is 15.0. The molecule has 0 saturated heterocycles. The topological polar surface area (TPSA) is 50.9 Å². The fraction of sp³-hybridized carbons (Fsp3) is 0.545. The van der Waals surface area contributed by atoms with E-state index in [0.29, 0.717) is 5.92 Å². The molecule has 0 saturated carbocycles. The lowest BCUT2D eigenvalue weighted by Crippen LogP contribution is -2.09. The molecule has 3 N–H and O–H groups in total. The van der Waals surface area contributed by atoms with Crippen LogP contribution in [0.25, 0.3) is 0 Å². The van der Waals surface area contributed by atoms with Crippen LogP contribution in [0.2, 0.25) is 0 Å². The Bertz CT molecular complexity index is 271. The number of hydrogen-bond donors (Lipinski definition) is 2. The Morgan fingerprint density at radius 3 is 2.93 bits per heavy atom. The van der Waals surface area contributed by atoms with Crippen molar-refractivity contribution in [3.63, 3.8) is 0 Å². The molecule has 78 valence electrons. The molecule has 1 rings (SSSR count). The van der Waals surface area contributed by atoms with Crippen molar-refractivity contribution < 1.29 is 0 Å². The SMILES string of the molecule is CC(C)c1ccnc(NCCCN)c1. The van der Waals surface area contributed by atoms with Gasteiger partial charge in [-0.2, -0.15) is 0 Å². The number of hydrogen-bond acceptors (Lipinski definition) is 3. The summed E-state index contributed by atoms with van der Waals surface area (Å²) >= 11 is 0. The Morgan fingerprint density at radius 2 is 2.29 bits per heavy atom. The lowest BCUT2D eigenvalue weighted by Gasteiger charge is -2.08. The lowest BCUT2D eigenvalue weighted by atomic mass is 10.1. The largest absolute Gasteiger partial charge is 0.370 e. The summed E-state index contributed by atoms with van der Waals surface area (Å²) in [5.74, 6) is 1.50. The minimum Gasteiger partial charge on any atom is -0.370 e. The second-order valence-corrected chi connectivity index (χ2v) is 3.70. The molecule has 0 amide bonds. The predicted molar refractivity (Wildman–Crippen MR) is 60.5 cm³/mol. The van der Waals surface area contributed by atoms with Crippen LogP contribution >= 0.6 is 0 Å². The van der Waals surface area contributed by atoms with Gasteiger partial charge in [0.05, 0.1) is 0 Å². The van der Waals surface area contributed by atoms with E-state index in [1.807, 2.05) is 6.20 Å². The molecule has 0 aromatic carbocycles. The first-order valence-corrected chi connectivity index (χ1v) is 5.14. The molecule has 0 aliphatic heterocycles. The zero-order chi connectivity index (χ0) is 10.4. The summed E-state index contributed by atoms with van der Waals surface area (Å²) in [6.45, 7) is 5.97. The Balaban J connectivity index is 2.55. The summed E-state index contributed by atoms with van der Waals surface area (Å²) in [6.07, 6.45) is 2.83. The summed E-state index contributed by atoms with van der Waals surface area (Å²) in [7, 11) is 0. The molecular formula is C11H19N3.